The average molecular weight is 316 g/mol. The number of ketones is 1. The Hall–Kier alpha value is -2.56. The summed E-state index contributed by atoms with van der Waals surface area (Å²) in [4.78, 5) is 24.6. The molecule has 0 aliphatic rings. The van der Waals surface area contributed by atoms with Crippen molar-refractivity contribution in [3.63, 3.8) is 0 Å². The summed E-state index contributed by atoms with van der Waals surface area (Å²) in [6, 6.07) is 6.67. The molecule has 5 nitrogen and oxygen atoms in total. The zero-order valence-corrected chi connectivity index (χ0v) is 13.9. The molecule has 1 heterocycles. The van der Waals surface area contributed by atoms with Crippen molar-refractivity contribution in [2.45, 2.75) is 33.8 Å². The van der Waals surface area contributed by atoms with Gasteiger partial charge in [-0.25, -0.2) is 4.79 Å². The third-order valence-corrected chi connectivity index (χ3v) is 3.79. The highest BCUT2D eigenvalue weighted by atomic mass is 16.5. The highest BCUT2D eigenvalue weighted by Gasteiger charge is 2.25. The van der Waals surface area contributed by atoms with Crippen LogP contribution < -0.4 is 4.74 Å². The van der Waals surface area contributed by atoms with Crippen molar-refractivity contribution >= 4 is 11.8 Å². The van der Waals surface area contributed by atoms with Gasteiger partial charge in [-0.05, 0) is 52.0 Å². The minimum absolute atomic E-state index is 0.267. The fraction of sp³-hybridized carbons (Fsp3) is 0.333. The van der Waals surface area contributed by atoms with Crippen LogP contribution in [0, 0.1) is 20.8 Å². The molecule has 2 aromatic rings. The fourth-order valence-corrected chi connectivity index (χ4v) is 2.36. The normalized spacial score (nSPS) is 11.9. The maximum atomic E-state index is 12.3. The Bertz CT molecular complexity index is 725. The predicted octanol–water partition coefficient (Wildman–Crippen LogP) is 3.64. The zero-order valence-electron chi connectivity index (χ0n) is 13.9. The molecule has 0 bridgehead atoms. The Morgan fingerprint density at radius 3 is 2.13 bits per heavy atom. The molecule has 2 rings (SSSR count). The molecule has 0 amide bonds. The second-order valence-electron chi connectivity index (χ2n) is 5.35. The van der Waals surface area contributed by atoms with Crippen LogP contribution in [0.2, 0.25) is 0 Å². The Kier molecular flexibility index (Phi) is 4.89. The van der Waals surface area contributed by atoms with E-state index in [0.29, 0.717) is 28.4 Å². The molecule has 122 valence electrons. The number of hydrogen-bond donors (Lipinski definition) is 0. The highest BCUT2D eigenvalue weighted by molar-refractivity contribution is 6.01. The van der Waals surface area contributed by atoms with E-state index in [-0.39, 0.29) is 5.78 Å². The van der Waals surface area contributed by atoms with Crippen LogP contribution in [0.4, 0.5) is 0 Å². The first-order chi connectivity index (χ1) is 10.8. The van der Waals surface area contributed by atoms with Gasteiger partial charge in [0.05, 0.1) is 7.11 Å². The molecule has 0 aliphatic heterocycles. The molecule has 0 radical (unpaired) electrons. The van der Waals surface area contributed by atoms with Crippen LogP contribution in [-0.4, -0.2) is 25.0 Å². The van der Waals surface area contributed by atoms with Crippen LogP contribution in [0.15, 0.2) is 28.7 Å². The van der Waals surface area contributed by atoms with E-state index in [1.165, 1.54) is 0 Å². The number of Topliss-reactive ketones (excluding diaryl/α,β-unsaturated/α-hetero) is 1. The summed E-state index contributed by atoms with van der Waals surface area (Å²) < 4.78 is 15.8. The van der Waals surface area contributed by atoms with Gasteiger partial charge in [0.25, 0.3) is 0 Å². The summed E-state index contributed by atoms with van der Waals surface area (Å²) in [5, 5.41) is 0. The number of carbonyl (C=O) groups excluding carboxylic acids is 2. The summed E-state index contributed by atoms with van der Waals surface area (Å²) >= 11 is 0. The molecule has 0 saturated carbocycles. The van der Waals surface area contributed by atoms with Crippen LogP contribution in [0.1, 0.15) is 44.7 Å². The van der Waals surface area contributed by atoms with Crippen LogP contribution in [-0.2, 0) is 4.74 Å². The number of furan rings is 1. The standard InChI is InChI=1S/C18H20O5/c1-10-11(2)22-12(3)16(10)18(20)23-13(4)17(19)14-6-8-15(21-5)9-7-14/h6-9,13H,1-5H3/t13-/m1/s1. The van der Waals surface area contributed by atoms with Gasteiger partial charge in [0.2, 0.25) is 5.78 Å². The van der Waals surface area contributed by atoms with Gasteiger partial charge in [-0.1, -0.05) is 0 Å². The SMILES string of the molecule is COc1ccc(C(=O)[C@@H](C)OC(=O)c2c(C)oc(C)c2C)cc1. The number of aryl methyl sites for hydroxylation is 2. The van der Waals surface area contributed by atoms with Crippen LogP contribution in [0.5, 0.6) is 5.75 Å². The molecule has 0 spiro atoms. The van der Waals surface area contributed by atoms with E-state index >= 15 is 0 Å². The first kappa shape index (κ1) is 16.8. The van der Waals surface area contributed by atoms with E-state index in [2.05, 4.69) is 0 Å². The first-order valence-electron chi connectivity index (χ1n) is 7.31. The van der Waals surface area contributed by atoms with E-state index in [0.717, 1.165) is 5.56 Å². The first-order valence-corrected chi connectivity index (χ1v) is 7.31. The maximum absolute atomic E-state index is 12.3. The minimum Gasteiger partial charge on any atom is -0.497 e. The number of hydrogen-bond acceptors (Lipinski definition) is 5. The molecule has 0 aliphatic carbocycles. The number of esters is 1. The Balaban J connectivity index is 2.12. The van der Waals surface area contributed by atoms with Crippen molar-refractivity contribution in [1.29, 1.82) is 0 Å². The second-order valence-corrected chi connectivity index (χ2v) is 5.35. The van der Waals surface area contributed by atoms with E-state index in [1.54, 1.807) is 59.1 Å². The van der Waals surface area contributed by atoms with Gasteiger partial charge in [0, 0.05) is 11.1 Å². The molecular weight excluding hydrogens is 296 g/mol. The lowest BCUT2D eigenvalue weighted by molar-refractivity contribution is 0.0316. The predicted molar refractivity (Wildman–Crippen MR) is 85.1 cm³/mol. The molecule has 1 atom stereocenters. The third-order valence-electron chi connectivity index (χ3n) is 3.79. The summed E-state index contributed by atoms with van der Waals surface area (Å²) in [7, 11) is 1.55. The number of carbonyl (C=O) groups is 2. The van der Waals surface area contributed by atoms with E-state index in [9.17, 15) is 9.59 Å². The van der Waals surface area contributed by atoms with Crippen molar-refractivity contribution in [3.05, 3.63) is 52.5 Å². The largest absolute Gasteiger partial charge is 0.497 e. The van der Waals surface area contributed by atoms with Gasteiger partial charge in [0.15, 0.2) is 6.10 Å². The van der Waals surface area contributed by atoms with Gasteiger partial charge < -0.3 is 13.9 Å². The molecule has 1 aromatic heterocycles. The van der Waals surface area contributed by atoms with Crippen LogP contribution in [0.25, 0.3) is 0 Å². The maximum Gasteiger partial charge on any atom is 0.342 e. The Morgan fingerprint density at radius 1 is 1.04 bits per heavy atom. The molecule has 0 saturated heterocycles. The molecule has 0 N–H and O–H groups in total. The van der Waals surface area contributed by atoms with E-state index in [4.69, 9.17) is 13.9 Å². The van der Waals surface area contributed by atoms with E-state index in [1.807, 2.05) is 0 Å². The van der Waals surface area contributed by atoms with Gasteiger partial charge in [-0.2, -0.15) is 0 Å². The number of ether oxygens (including phenoxy) is 2. The molecule has 5 heteroatoms. The summed E-state index contributed by atoms with van der Waals surface area (Å²) in [6.07, 6.45) is -0.884. The lowest BCUT2D eigenvalue weighted by Crippen LogP contribution is -2.24. The topological polar surface area (TPSA) is 65.7 Å². The second kappa shape index (κ2) is 6.69. The third kappa shape index (κ3) is 3.44. The monoisotopic (exact) mass is 316 g/mol. The number of rotatable bonds is 5. The molecule has 0 fully saturated rings. The molecular formula is C18H20O5. The molecule has 23 heavy (non-hydrogen) atoms. The van der Waals surface area contributed by atoms with Crippen molar-refractivity contribution in [2.75, 3.05) is 7.11 Å². The van der Waals surface area contributed by atoms with E-state index < -0.39 is 12.1 Å². The Morgan fingerprint density at radius 2 is 1.65 bits per heavy atom. The van der Waals surface area contributed by atoms with Gasteiger partial charge >= 0.3 is 5.97 Å². The fourth-order valence-electron chi connectivity index (χ4n) is 2.36. The summed E-state index contributed by atoms with van der Waals surface area (Å²) in [5.41, 5.74) is 1.58. The van der Waals surface area contributed by atoms with Crippen LogP contribution in [0.3, 0.4) is 0 Å². The molecule has 0 unspecified atom stereocenters. The van der Waals surface area contributed by atoms with Gasteiger partial charge in [0.1, 0.15) is 22.8 Å². The highest BCUT2D eigenvalue weighted by Crippen LogP contribution is 2.22. The zero-order chi connectivity index (χ0) is 17.1. The lowest BCUT2D eigenvalue weighted by atomic mass is 10.1. The van der Waals surface area contributed by atoms with Crippen molar-refractivity contribution in [2.24, 2.45) is 0 Å². The van der Waals surface area contributed by atoms with Crippen LogP contribution >= 0.6 is 0 Å². The smallest absolute Gasteiger partial charge is 0.342 e. The Labute approximate surface area is 135 Å². The summed E-state index contributed by atoms with van der Waals surface area (Å²) in [5.74, 6) is 1.01. The average Bonchev–Trinajstić information content (AvgIpc) is 2.79. The number of methoxy groups -OCH3 is 1. The van der Waals surface area contributed by atoms with Crippen molar-refractivity contribution < 1.29 is 23.5 Å². The van der Waals surface area contributed by atoms with Gasteiger partial charge in [-0.15, -0.1) is 0 Å². The lowest BCUT2D eigenvalue weighted by Gasteiger charge is -2.12. The quantitative estimate of drug-likeness (QED) is 0.622. The molecule has 1 aromatic carbocycles. The van der Waals surface area contributed by atoms with Crippen molar-refractivity contribution in [3.8, 4) is 5.75 Å². The number of benzene rings is 1. The van der Waals surface area contributed by atoms with Gasteiger partial charge in [-0.3, -0.25) is 4.79 Å². The minimum atomic E-state index is -0.884. The van der Waals surface area contributed by atoms with Crippen molar-refractivity contribution in [1.82, 2.24) is 0 Å². The summed E-state index contributed by atoms with van der Waals surface area (Å²) in [6.45, 7) is 6.83.